The first kappa shape index (κ1) is 40.0. The molecule has 9 rings (SSSR count). The van der Waals surface area contributed by atoms with Crippen LogP contribution in [0.25, 0.3) is 10.9 Å². The highest BCUT2D eigenvalue weighted by Crippen LogP contribution is 2.68. The fourth-order valence-corrected chi connectivity index (χ4v) is 13.5. The number of aromatic amines is 1. The highest BCUT2D eigenvalue weighted by Gasteiger charge is 2.80. The Morgan fingerprint density at radius 2 is 1.71 bits per heavy atom. The number of para-hydroxylation sites is 1. The van der Waals surface area contributed by atoms with Gasteiger partial charge in [-0.05, 0) is 74.2 Å². The molecule has 1 aromatic heterocycles. The van der Waals surface area contributed by atoms with Crippen LogP contribution in [-0.4, -0.2) is 133 Å². The smallest absolute Gasteiger partial charge is 0.344 e. The zero-order valence-electron chi connectivity index (χ0n) is 35.3. The average molecular weight is 811 g/mol. The number of nitrogens with one attached hydrogen (secondary N) is 1. The van der Waals surface area contributed by atoms with Crippen LogP contribution in [0.1, 0.15) is 75.3 Å². The molecule has 2 aromatic carbocycles. The van der Waals surface area contributed by atoms with E-state index in [1.165, 1.54) is 21.1 Å². The summed E-state index contributed by atoms with van der Waals surface area (Å²) in [6.07, 6.45) is 5.94. The van der Waals surface area contributed by atoms with E-state index < -0.39 is 57.5 Å². The van der Waals surface area contributed by atoms with Crippen molar-refractivity contribution in [3.8, 4) is 5.75 Å². The lowest BCUT2D eigenvalue weighted by atomic mass is 9.47. The largest absolute Gasteiger partial charge is 0.496 e. The Morgan fingerprint density at radius 1 is 0.949 bits per heavy atom. The Hall–Kier alpha value is -4.43. The van der Waals surface area contributed by atoms with E-state index >= 15 is 4.79 Å². The molecule has 6 heterocycles. The number of esters is 3. The number of hydrogen-bond donors (Lipinski definition) is 3. The van der Waals surface area contributed by atoms with E-state index in [0.717, 1.165) is 33.4 Å². The molecule has 0 radical (unpaired) electrons. The number of aromatic nitrogens is 1. The van der Waals surface area contributed by atoms with Gasteiger partial charge in [-0.1, -0.05) is 44.2 Å². The highest BCUT2D eigenvalue weighted by molar-refractivity contribution is 5.95. The number of aliphatic hydroxyl groups is 2. The number of carbonyl (C=O) groups is 3. The van der Waals surface area contributed by atoms with Gasteiger partial charge in [0.2, 0.25) is 5.60 Å². The minimum absolute atomic E-state index is 0.0986. The maximum absolute atomic E-state index is 15.3. The zero-order valence-corrected chi connectivity index (χ0v) is 35.3. The first-order valence-corrected chi connectivity index (χ1v) is 21.2. The normalized spacial score (nSPS) is 37.0. The number of piperidine rings is 1. The second kappa shape index (κ2) is 13.8. The van der Waals surface area contributed by atoms with E-state index in [1.807, 2.05) is 50.1 Å². The SMILES string of the molecule is CC[C@@]1(O)C[C@H]2CN(CCc3c([nH]c4ccccc34)[C@](C(=O)OC)(c3cc4c(cc3OC)N(C)[C@H]3[C@@](O)(C(=O)OC)[C@@H](OC(C)=O)[C@]5(CC)C=CCN6CC[C@]43[C@H]65)C2)C1. The summed E-state index contributed by atoms with van der Waals surface area (Å²) in [7, 11) is 6.15. The molecule has 1 unspecified atom stereocenters. The summed E-state index contributed by atoms with van der Waals surface area (Å²) >= 11 is 0. The first-order valence-electron chi connectivity index (χ1n) is 21.2. The van der Waals surface area contributed by atoms with Gasteiger partial charge in [-0.3, -0.25) is 19.4 Å². The van der Waals surface area contributed by atoms with Gasteiger partial charge in [-0.25, -0.2) is 4.79 Å². The van der Waals surface area contributed by atoms with Crippen molar-refractivity contribution in [2.75, 3.05) is 66.0 Å². The number of nitrogens with zero attached hydrogens (tertiary/aromatic N) is 3. The first-order chi connectivity index (χ1) is 28.2. The number of rotatable bonds is 7. The number of likely N-dealkylation sites (N-methyl/N-ethyl adjacent to an activating group) is 1. The summed E-state index contributed by atoms with van der Waals surface area (Å²) in [5, 5.41) is 26.3. The van der Waals surface area contributed by atoms with E-state index in [9.17, 15) is 19.8 Å². The molecule has 2 saturated heterocycles. The van der Waals surface area contributed by atoms with Crippen LogP contribution in [0.15, 0.2) is 48.6 Å². The molecule has 3 aromatic rings. The van der Waals surface area contributed by atoms with Gasteiger partial charge in [0, 0.05) is 90.9 Å². The van der Waals surface area contributed by atoms with Crippen molar-refractivity contribution in [2.24, 2.45) is 11.3 Å². The van der Waals surface area contributed by atoms with Gasteiger partial charge < -0.3 is 39.0 Å². The molecule has 1 spiro atoms. The summed E-state index contributed by atoms with van der Waals surface area (Å²) in [6, 6.07) is 11.0. The van der Waals surface area contributed by atoms with Crippen LogP contribution in [0.2, 0.25) is 0 Å². The standard InChI is InChI=1S/C46H58N4O9/c1-8-42(54)23-28-24-45(40(52)57-6,36-30(15-19-49(25-28)26-42)29-13-10-11-14-33(29)47-36)32-21-31-34(22-35(32)56-5)48(4)38-44(31)17-20-50-18-12-16-43(9-2,37(44)50)39(59-27(3)51)46(38,55)41(53)58-7/h10-14,16,21-22,28,37-39,47,54-55H,8-9,15,17-20,23-26H2,1-7H3/t28-,37-,38-,39+,42-,43-,44-,45-,46+/m1/s1. The molecule has 5 aliphatic heterocycles. The van der Waals surface area contributed by atoms with Crippen LogP contribution in [0.5, 0.6) is 5.75 Å². The number of H-pyrrole nitrogens is 1. The topological polar surface area (TPSA) is 154 Å². The van der Waals surface area contributed by atoms with Crippen molar-refractivity contribution in [2.45, 2.75) is 99.5 Å². The van der Waals surface area contributed by atoms with E-state index in [0.29, 0.717) is 82.6 Å². The van der Waals surface area contributed by atoms with Crippen LogP contribution >= 0.6 is 0 Å². The van der Waals surface area contributed by atoms with Crippen molar-refractivity contribution >= 4 is 34.5 Å². The molecule has 59 heavy (non-hydrogen) atoms. The number of hydrogen-bond acceptors (Lipinski definition) is 12. The summed E-state index contributed by atoms with van der Waals surface area (Å²) in [5.41, 5.74) is -1.62. The number of fused-ring (bicyclic) bond motifs is 6. The maximum Gasteiger partial charge on any atom is 0.344 e. The van der Waals surface area contributed by atoms with E-state index in [1.54, 1.807) is 7.11 Å². The molecule has 2 bridgehead atoms. The summed E-state index contributed by atoms with van der Waals surface area (Å²) in [4.78, 5) is 53.2. The molecule has 1 saturated carbocycles. The van der Waals surface area contributed by atoms with Gasteiger partial charge >= 0.3 is 17.9 Å². The minimum Gasteiger partial charge on any atom is -0.496 e. The van der Waals surface area contributed by atoms with Gasteiger partial charge in [0.05, 0.1) is 33.0 Å². The van der Waals surface area contributed by atoms with Crippen LogP contribution in [0.4, 0.5) is 5.69 Å². The monoisotopic (exact) mass is 810 g/mol. The van der Waals surface area contributed by atoms with Gasteiger partial charge in [-0.2, -0.15) is 0 Å². The Morgan fingerprint density at radius 3 is 2.41 bits per heavy atom. The van der Waals surface area contributed by atoms with Crippen LogP contribution in [0.3, 0.4) is 0 Å². The molecule has 3 fully saturated rings. The van der Waals surface area contributed by atoms with E-state index in [-0.39, 0.29) is 12.0 Å². The van der Waals surface area contributed by atoms with Crippen molar-refractivity contribution < 1.29 is 43.5 Å². The third-order valence-electron chi connectivity index (χ3n) is 15.6. The lowest BCUT2D eigenvalue weighted by molar-refractivity contribution is -0.228. The van der Waals surface area contributed by atoms with Crippen molar-refractivity contribution in [1.29, 1.82) is 0 Å². The molecular weight excluding hydrogens is 753 g/mol. The molecule has 13 heteroatoms. The fourth-order valence-electron chi connectivity index (χ4n) is 13.5. The number of carbonyl (C=O) groups excluding carboxylic acids is 3. The summed E-state index contributed by atoms with van der Waals surface area (Å²) in [6.45, 7) is 8.62. The van der Waals surface area contributed by atoms with E-state index in [2.05, 4.69) is 39.1 Å². The van der Waals surface area contributed by atoms with Crippen LogP contribution < -0.4 is 9.64 Å². The number of methoxy groups -OCH3 is 3. The Kier molecular flexibility index (Phi) is 9.36. The average Bonchev–Trinajstić information content (AvgIpc) is 3.90. The van der Waals surface area contributed by atoms with Crippen molar-refractivity contribution in [1.82, 2.24) is 14.8 Å². The number of ether oxygens (including phenoxy) is 4. The van der Waals surface area contributed by atoms with Crippen LogP contribution in [-0.2, 0) is 45.8 Å². The zero-order chi connectivity index (χ0) is 41.9. The predicted molar refractivity (Wildman–Crippen MR) is 220 cm³/mol. The molecule has 3 N–H and O–H groups in total. The van der Waals surface area contributed by atoms with Gasteiger partial charge in [0.15, 0.2) is 6.10 Å². The molecule has 6 aliphatic rings. The lowest BCUT2D eigenvalue weighted by Gasteiger charge is -2.63. The Labute approximate surface area is 345 Å². The number of benzene rings is 2. The van der Waals surface area contributed by atoms with Crippen LogP contribution in [0, 0.1) is 11.3 Å². The Bertz CT molecular complexity index is 2260. The second-order valence-corrected chi connectivity index (χ2v) is 18.2. The maximum atomic E-state index is 15.3. The fraction of sp³-hybridized carbons (Fsp3) is 0.587. The third kappa shape index (κ3) is 5.20. The van der Waals surface area contributed by atoms with Gasteiger partial charge in [-0.15, -0.1) is 0 Å². The molecule has 1 aliphatic carbocycles. The van der Waals surface area contributed by atoms with Crippen molar-refractivity contribution in [3.63, 3.8) is 0 Å². The van der Waals surface area contributed by atoms with E-state index in [4.69, 9.17) is 18.9 Å². The minimum atomic E-state index is -2.30. The van der Waals surface area contributed by atoms with Crippen molar-refractivity contribution in [3.05, 3.63) is 70.9 Å². The lowest BCUT2D eigenvalue weighted by Crippen LogP contribution is -2.81. The third-order valence-corrected chi connectivity index (χ3v) is 15.6. The molecule has 0 amide bonds. The summed E-state index contributed by atoms with van der Waals surface area (Å²) in [5.74, 6) is -1.56. The predicted octanol–water partition coefficient (Wildman–Crippen LogP) is 3.99. The molecule has 13 nitrogen and oxygen atoms in total. The van der Waals surface area contributed by atoms with Gasteiger partial charge in [0.25, 0.3) is 0 Å². The quantitative estimate of drug-likeness (QED) is 0.180. The summed E-state index contributed by atoms with van der Waals surface area (Å²) < 4.78 is 23.9. The highest BCUT2D eigenvalue weighted by atomic mass is 16.6. The second-order valence-electron chi connectivity index (χ2n) is 18.2. The molecule has 10 atom stereocenters. The molecular formula is C46H58N4O9. The number of anilines is 1. The molecule has 316 valence electrons. The Balaban J connectivity index is 1.36. The van der Waals surface area contributed by atoms with Gasteiger partial charge in [0.1, 0.15) is 11.2 Å².